The second kappa shape index (κ2) is 10.1. The third-order valence-electron chi connectivity index (χ3n) is 5.64. The van der Waals surface area contributed by atoms with E-state index >= 15 is 0 Å². The van der Waals surface area contributed by atoms with Gasteiger partial charge in [-0.15, -0.1) is 6.58 Å². The van der Waals surface area contributed by atoms with Crippen LogP contribution in [0, 0.1) is 0 Å². The van der Waals surface area contributed by atoms with Crippen LogP contribution in [0.3, 0.4) is 0 Å². The first-order valence-corrected chi connectivity index (χ1v) is 10.3. The summed E-state index contributed by atoms with van der Waals surface area (Å²) in [5.74, 6) is -1.24. The maximum atomic E-state index is 12.2. The molecule has 6 nitrogen and oxygen atoms in total. The number of anilines is 1. The molecule has 0 spiro atoms. The first-order valence-electron chi connectivity index (χ1n) is 10.3. The number of rotatable bonds is 7. The van der Waals surface area contributed by atoms with Gasteiger partial charge in [-0.05, 0) is 17.7 Å². The normalized spacial score (nSPS) is 16.1. The van der Waals surface area contributed by atoms with Crippen molar-refractivity contribution in [1.29, 1.82) is 0 Å². The molecule has 1 unspecified atom stereocenters. The minimum Gasteiger partial charge on any atom is -0.378 e. The van der Waals surface area contributed by atoms with Gasteiger partial charge in [0.2, 0.25) is 0 Å². The molecule has 0 radical (unpaired) electrons. The average Bonchev–Trinajstić information content (AvgIpc) is 2.77. The third-order valence-corrected chi connectivity index (χ3v) is 5.64. The Morgan fingerprint density at radius 1 is 1.07 bits per heavy atom. The van der Waals surface area contributed by atoms with Gasteiger partial charge in [0.25, 0.3) is 0 Å². The Kier molecular flexibility index (Phi) is 7.25. The van der Waals surface area contributed by atoms with Crippen molar-refractivity contribution in [2.45, 2.75) is 19.0 Å². The summed E-state index contributed by atoms with van der Waals surface area (Å²) in [6.07, 6.45) is 2.56. The lowest BCUT2D eigenvalue weighted by atomic mass is 9.96. The topological polar surface area (TPSA) is 65.9 Å². The largest absolute Gasteiger partial charge is 0.378 e. The zero-order chi connectivity index (χ0) is 21.5. The van der Waals surface area contributed by atoms with Crippen molar-refractivity contribution in [2.24, 2.45) is 0 Å². The first kappa shape index (κ1) is 21.6. The standard InChI is InChI=1S/C24H30N4O2/c1-4-14-25-23(29)24(30)26-16-22(19-9-11-21(12-10-19)27(2)3)28-15-13-18-7-5-6-8-20(18)17-28/h4-12,22H,1,13-17H2,2-3H3,(H,25,29)(H,26,30)/p+1/t22-/m0/s1. The van der Waals surface area contributed by atoms with E-state index in [2.05, 4.69) is 70.6 Å². The Balaban J connectivity index is 1.77. The predicted octanol–water partition coefficient (Wildman–Crippen LogP) is 0.853. The average molecular weight is 408 g/mol. The summed E-state index contributed by atoms with van der Waals surface area (Å²) in [6, 6.07) is 17.0. The Labute approximate surface area is 178 Å². The lowest BCUT2D eigenvalue weighted by Crippen LogP contribution is -3.12. The molecule has 1 heterocycles. The van der Waals surface area contributed by atoms with Crippen LogP contribution < -0.4 is 20.4 Å². The highest BCUT2D eigenvalue weighted by Gasteiger charge is 2.29. The van der Waals surface area contributed by atoms with Crippen LogP contribution in [0.5, 0.6) is 0 Å². The molecule has 6 heteroatoms. The van der Waals surface area contributed by atoms with Gasteiger partial charge in [-0.2, -0.15) is 0 Å². The van der Waals surface area contributed by atoms with Crippen LogP contribution in [0.25, 0.3) is 0 Å². The third kappa shape index (κ3) is 5.27. The molecule has 0 saturated carbocycles. The minimum atomic E-state index is -0.629. The Morgan fingerprint density at radius 2 is 1.73 bits per heavy atom. The number of nitrogens with one attached hydrogen (secondary N) is 3. The molecule has 1 aliphatic rings. The van der Waals surface area contributed by atoms with Gasteiger partial charge >= 0.3 is 11.8 Å². The van der Waals surface area contributed by atoms with Crippen molar-refractivity contribution in [3.05, 3.63) is 77.9 Å². The number of nitrogens with zero attached hydrogens (tertiary/aromatic N) is 1. The summed E-state index contributed by atoms with van der Waals surface area (Å²) >= 11 is 0. The Morgan fingerprint density at radius 3 is 2.40 bits per heavy atom. The van der Waals surface area contributed by atoms with E-state index in [0.29, 0.717) is 6.54 Å². The number of fused-ring (bicyclic) bond motifs is 1. The molecule has 1 aliphatic heterocycles. The molecule has 3 N–H and O–H groups in total. The van der Waals surface area contributed by atoms with Crippen LogP contribution in [0.1, 0.15) is 22.7 Å². The number of quaternary nitrogens is 1. The number of benzene rings is 2. The van der Waals surface area contributed by atoms with E-state index in [-0.39, 0.29) is 12.6 Å². The van der Waals surface area contributed by atoms with E-state index in [9.17, 15) is 9.59 Å². The summed E-state index contributed by atoms with van der Waals surface area (Å²) in [4.78, 5) is 27.6. The maximum Gasteiger partial charge on any atom is 0.309 e. The van der Waals surface area contributed by atoms with E-state index in [1.807, 2.05) is 14.1 Å². The molecule has 0 fully saturated rings. The number of carbonyl (C=O) groups is 2. The smallest absolute Gasteiger partial charge is 0.309 e. The molecular formula is C24H31N4O2+. The lowest BCUT2D eigenvalue weighted by molar-refractivity contribution is -0.945. The van der Waals surface area contributed by atoms with Crippen molar-refractivity contribution in [3.8, 4) is 0 Å². The molecule has 0 aliphatic carbocycles. The molecule has 2 atom stereocenters. The minimum absolute atomic E-state index is 0.0609. The van der Waals surface area contributed by atoms with Crippen molar-refractivity contribution in [2.75, 3.05) is 38.6 Å². The summed E-state index contributed by atoms with van der Waals surface area (Å²) in [5.41, 5.74) is 5.03. The van der Waals surface area contributed by atoms with Crippen molar-refractivity contribution in [3.63, 3.8) is 0 Å². The van der Waals surface area contributed by atoms with Gasteiger partial charge in [-0.3, -0.25) is 9.59 Å². The quantitative estimate of drug-likeness (QED) is 0.471. The molecule has 2 aromatic rings. The number of amides is 2. The summed E-state index contributed by atoms with van der Waals surface area (Å²) in [5, 5.41) is 5.36. The fourth-order valence-electron chi connectivity index (χ4n) is 3.92. The van der Waals surface area contributed by atoms with E-state index in [4.69, 9.17) is 0 Å². The fourth-order valence-corrected chi connectivity index (χ4v) is 3.92. The van der Waals surface area contributed by atoms with Crippen molar-refractivity contribution >= 4 is 17.5 Å². The number of carbonyl (C=O) groups excluding carboxylic acids is 2. The highest BCUT2D eigenvalue weighted by atomic mass is 16.2. The number of hydrogen-bond acceptors (Lipinski definition) is 3. The summed E-state index contributed by atoms with van der Waals surface area (Å²) in [6.45, 7) is 6.11. The van der Waals surface area contributed by atoms with Gasteiger partial charge < -0.3 is 20.4 Å². The molecule has 2 aromatic carbocycles. The number of hydrogen-bond donors (Lipinski definition) is 3. The van der Waals surface area contributed by atoms with E-state index in [0.717, 1.165) is 30.8 Å². The molecule has 3 rings (SSSR count). The van der Waals surface area contributed by atoms with E-state index in [1.165, 1.54) is 16.0 Å². The van der Waals surface area contributed by atoms with Crippen LogP contribution >= 0.6 is 0 Å². The predicted molar refractivity (Wildman–Crippen MR) is 119 cm³/mol. The lowest BCUT2D eigenvalue weighted by Gasteiger charge is -2.33. The second-order valence-corrected chi connectivity index (χ2v) is 7.85. The monoisotopic (exact) mass is 407 g/mol. The summed E-state index contributed by atoms with van der Waals surface area (Å²) < 4.78 is 0. The van der Waals surface area contributed by atoms with Gasteiger partial charge in [0.15, 0.2) is 0 Å². The zero-order valence-electron chi connectivity index (χ0n) is 17.8. The Hall–Kier alpha value is -3.12. The SMILES string of the molecule is C=CCNC(=O)C(=O)NC[C@@H](c1ccc(N(C)C)cc1)[NH+]1CCc2ccccc2C1. The molecule has 0 aromatic heterocycles. The van der Waals surface area contributed by atoms with Gasteiger partial charge in [-0.25, -0.2) is 0 Å². The van der Waals surface area contributed by atoms with Gasteiger partial charge in [0.1, 0.15) is 12.6 Å². The van der Waals surface area contributed by atoms with E-state index in [1.54, 1.807) is 6.08 Å². The molecule has 0 bridgehead atoms. The second-order valence-electron chi connectivity index (χ2n) is 7.85. The van der Waals surface area contributed by atoms with Crippen LogP contribution in [0.15, 0.2) is 61.2 Å². The molecule has 2 amide bonds. The summed E-state index contributed by atoms with van der Waals surface area (Å²) in [7, 11) is 4.03. The molecule has 30 heavy (non-hydrogen) atoms. The highest BCUT2D eigenvalue weighted by molar-refractivity contribution is 6.35. The fraction of sp³-hybridized carbons (Fsp3) is 0.333. The molecular weight excluding hydrogens is 376 g/mol. The highest BCUT2D eigenvalue weighted by Crippen LogP contribution is 2.18. The van der Waals surface area contributed by atoms with Gasteiger partial charge in [0.05, 0.1) is 13.1 Å². The molecule has 158 valence electrons. The van der Waals surface area contributed by atoms with Crippen LogP contribution in [0.4, 0.5) is 5.69 Å². The van der Waals surface area contributed by atoms with Crippen molar-refractivity contribution in [1.82, 2.24) is 10.6 Å². The van der Waals surface area contributed by atoms with Crippen LogP contribution in [-0.2, 0) is 22.6 Å². The van der Waals surface area contributed by atoms with Gasteiger partial charge in [0, 0.05) is 43.9 Å². The Bertz CT molecular complexity index is 892. The van der Waals surface area contributed by atoms with E-state index < -0.39 is 11.8 Å². The maximum absolute atomic E-state index is 12.2. The zero-order valence-corrected chi connectivity index (χ0v) is 17.8. The first-order chi connectivity index (χ1) is 14.5. The molecule has 0 saturated heterocycles. The van der Waals surface area contributed by atoms with Crippen LogP contribution in [-0.4, -0.2) is 45.5 Å². The van der Waals surface area contributed by atoms with Gasteiger partial charge in [-0.1, -0.05) is 42.5 Å². The van der Waals surface area contributed by atoms with Crippen LogP contribution in [0.2, 0.25) is 0 Å². The van der Waals surface area contributed by atoms with Crippen molar-refractivity contribution < 1.29 is 14.5 Å².